The van der Waals surface area contributed by atoms with E-state index in [0.717, 1.165) is 5.69 Å². The van der Waals surface area contributed by atoms with Crippen molar-refractivity contribution in [3.05, 3.63) is 59.0 Å². The third kappa shape index (κ3) is 4.43. The van der Waals surface area contributed by atoms with Gasteiger partial charge in [0.25, 0.3) is 5.91 Å². The van der Waals surface area contributed by atoms with Crippen molar-refractivity contribution in [1.29, 1.82) is 0 Å². The van der Waals surface area contributed by atoms with Gasteiger partial charge in [-0.15, -0.1) is 0 Å². The number of rotatable bonds is 6. The number of hydrogen-bond donors (Lipinski definition) is 2. The molecular weight excluding hydrogens is 347 g/mol. The maximum atomic E-state index is 14.0. The van der Waals surface area contributed by atoms with Gasteiger partial charge >= 0.3 is 0 Å². The molecule has 1 aliphatic heterocycles. The molecule has 1 aromatic carbocycles. The van der Waals surface area contributed by atoms with Gasteiger partial charge in [-0.3, -0.25) is 9.69 Å². The fourth-order valence-electron chi connectivity index (χ4n) is 3.54. The Morgan fingerprint density at radius 1 is 1.30 bits per heavy atom. The average Bonchev–Trinajstić information content (AvgIpc) is 2.64. The lowest BCUT2D eigenvalue weighted by Crippen LogP contribution is -2.53. The second kappa shape index (κ2) is 8.45. The van der Waals surface area contributed by atoms with E-state index in [1.807, 2.05) is 17.9 Å². The molecule has 7 heteroatoms. The van der Waals surface area contributed by atoms with E-state index in [1.165, 1.54) is 6.07 Å². The number of carbonyl (C=O) groups excluding carboxylic acids is 1. The summed E-state index contributed by atoms with van der Waals surface area (Å²) in [5.74, 6) is -0.153. The lowest BCUT2D eigenvalue weighted by molar-refractivity contribution is 0.0999. The molecule has 1 atom stereocenters. The first-order valence-electron chi connectivity index (χ1n) is 9.10. The van der Waals surface area contributed by atoms with Gasteiger partial charge in [-0.1, -0.05) is 18.2 Å². The first kappa shape index (κ1) is 19.3. The van der Waals surface area contributed by atoms with Crippen molar-refractivity contribution in [2.45, 2.75) is 25.9 Å². The number of primary amides is 1. The second-order valence-corrected chi connectivity index (χ2v) is 6.86. The number of aliphatic hydroxyl groups excluding tert-OH is 1. The van der Waals surface area contributed by atoms with Crippen LogP contribution in [0.3, 0.4) is 0 Å². The molecule has 1 aromatic heterocycles. The van der Waals surface area contributed by atoms with Crippen LogP contribution in [0.2, 0.25) is 0 Å². The van der Waals surface area contributed by atoms with Crippen LogP contribution < -0.4 is 10.6 Å². The lowest BCUT2D eigenvalue weighted by atomic mass is 10.1. The quantitative estimate of drug-likeness (QED) is 0.807. The molecule has 1 unspecified atom stereocenters. The predicted octanol–water partition coefficient (Wildman–Crippen LogP) is 1.70. The number of amides is 1. The normalized spacial score (nSPS) is 17.9. The summed E-state index contributed by atoms with van der Waals surface area (Å²) in [6, 6.07) is 10.2. The van der Waals surface area contributed by atoms with Crippen molar-refractivity contribution < 1.29 is 14.3 Å². The summed E-state index contributed by atoms with van der Waals surface area (Å²) in [5.41, 5.74) is 7.35. The van der Waals surface area contributed by atoms with Gasteiger partial charge in [-0.25, -0.2) is 9.37 Å². The molecule has 3 rings (SSSR count). The van der Waals surface area contributed by atoms with Gasteiger partial charge < -0.3 is 15.7 Å². The smallest absolute Gasteiger partial charge is 0.252 e. The lowest BCUT2D eigenvalue weighted by Gasteiger charge is -2.42. The summed E-state index contributed by atoms with van der Waals surface area (Å²) in [6.45, 7) is 4.30. The number of aliphatic hydroxyl groups is 1. The van der Waals surface area contributed by atoms with E-state index in [0.29, 0.717) is 49.5 Å². The average molecular weight is 372 g/mol. The molecule has 2 aromatic rings. The zero-order valence-corrected chi connectivity index (χ0v) is 15.4. The molecule has 2 heterocycles. The van der Waals surface area contributed by atoms with Crippen molar-refractivity contribution >= 4 is 11.7 Å². The minimum absolute atomic E-state index is 0.0198. The molecule has 6 nitrogen and oxygen atoms in total. The molecule has 0 saturated carbocycles. The summed E-state index contributed by atoms with van der Waals surface area (Å²) in [4.78, 5) is 20.5. The van der Waals surface area contributed by atoms with Crippen molar-refractivity contribution in [3.63, 3.8) is 0 Å². The molecule has 27 heavy (non-hydrogen) atoms. The van der Waals surface area contributed by atoms with Gasteiger partial charge in [0, 0.05) is 50.1 Å². The van der Waals surface area contributed by atoms with Crippen LogP contribution in [0.1, 0.15) is 28.0 Å². The number of nitrogens with two attached hydrogens (primary N) is 1. The molecule has 0 spiro atoms. The molecule has 1 amide bonds. The Kier molecular flexibility index (Phi) is 6.03. The number of halogens is 1. The Bertz CT molecular complexity index is 814. The number of anilines is 1. The molecule has 1 aliphatic rings. The predicted molar refractivity (Wildman–Crippen MR) is 102 cm³/mol. The Labute approximate surface area is 158 Å². The SMILES string of the molecule is Cc1ccc(C(N)=O)c(N2CCN(Cc3ccccc3F)C(CCO)C2)n1. The minimum Gasteiger partial charge on any atom is -0.396 e. The number of pyridine rings is 1. The first-order valence-corrected chi connectivity index (χ1v) is 9.10. The third-order valence-electron chi connectivity index (χ3n) is 4.98. The molecule has 144 valence electrons. The van der Waals surface area contributed by atoms with E-state index in [1.54, 1.807) is 24.3 Å². The van der Waals surface area contributed by atoms with Gasteiger partial charge in [0.15, 0.2) is 0 Å². The summed E-state index contributed by atoms with van der Waals surface area (Å²) < 4.78 is 14.0. The Hall–Kier alpha value is -2.51. The van der Waals surface area contributed by atoms with Crippen LogP contribution in [0.5, 0.6) is 0 Å². The van der Waals surface area contributed by atoms with Crippen molar-refractivity contribution in [2.24, 2.45) is 5.73 Å². The van der Waals surface area contributed by atoms with Gasteiger partial charge in [0.05, 0.1) is 5.56 Å². The molecule has 0 aliphatic carbocycles. The van der Waals surface area contributed by atoms with Crippen molar-refractivity contribution in [1.82, 2.24) is 9.88 Å². The minimum atomic E-state index is -0.509. The highest BCUT2D eigenvalue weighted by Gasteiger charge is 2.29. The zero-order chi connectivity index (χ0) is 19.4. The number of nitrogens with zero attached hydrogens (tertiary/aromatic N) is 3. The number of benzene rings is 1. The van der Waals surface area contributed by atoms with E-state index >= 15 is 0 Å². The third-order valence-corrected chi connectivity index (χ3v) is 4.98. The molecular formula is C20H25FN4O2. The van der Waals surface area contributed by atoms with E-state index in [-0.39, 0.29) is 18.5 Å². The Morgan fingerprint density at radius 3 is 2.78 bits per heavy atom. The molecule has 1 saturated heterocycles. The van der Waals surface area contributed by atoms with E-state index < -0.39 is 5.91 Å². The molecule has 1 fully saturated rings. The summed E-state index contributed by atoms with van der Waals surface area (Å²) in [6.07, 6.45) is 0.558. The van der Waals surface area contributed by atoms with Crippen molar-refractivity contribution in [2.75, 3.05) is 31.1 Å². The summed E-state index contributed by atoms with van der Waals surface area (Å²) in [5, 5.41) is 9.49. The van der Waals surface area contributed by atoms with E-state index in [4.69, 9.17) is 5.73 Å². The van der Waals surface area contributed by atoms with Crippen LogP contribution in [-0.4, -0.2) is 53.2 Å². The maximum absolute atomic E-state index is 14.0. The standard InChI is InChI=1S/C20H25FN4O2/c1-14-6-7-17(19(22)27)20(23-14)25-10-9-24(16(13-25)8-11-26)12-15-4-2-3-5-18(15)21/h2-7,16,26H,8-13H2,1H3,(H2,22,27). The van der Waals surface area contributed by atoms with E-state index in [9.17, 15) is 14.3 Å². The van der Waals surface area contributed by atoms with Crippen LogP contribution in [-0.2, 0) is 6.54 Å². The van der Waals surface area contributed by atoms with Gasteiger partial charge in [0.1, 0.15) is 11.6 Å². The van der Waals surface area contributed by atoms with Crippen LogP contribution in [0.25, 0.3) is 0 Å². The Morgan fingerprint density at radius 2 is 2.07 bits per heavy atom. The summed E-state index contributed by atoms with van der Waals surface area (Å²) in [7, 11) is 0. The number of carbonyl (C=O) groups is 1. The first-order chi connectivity index (χ1) is 13.0. The highest BCUT2D eigenvalue weighted by molar-refractivity contribution is 5.97. The van der Waals surface area contributed by atoms with Crippen LogP contribution >= 0.6 is 0 Å². The largest absolute Gasteiger partial charge is 0.396 e. The fourth-order valence-corrected chi connectivity index (χ4v) is 3.54. The number of aromatic nitrogens is 1. The van der Waals surface area contributed by atoms with Crippen LogP contribution in [0.4, 0.5) is 10.2 Å². The number of aryl methyl sites for hydroxylation is 1. The number of piperazine rings is 1. The zero-order valence-electron chi connectivity index (χ0n) is 15.4. The maximum Gasteiger partial charge on any atom is 0.252 e. The molecule has 0 radical (unpaired) electrons. The Balaban J connectivity index is 1.81. The number of hydrogen-bond acceptors (Lipinski definition) is 5. The molecule has 0 bridgehead atoms. The van der Waals surface area contributed by atoms with E-state index in [2.05, 4.69) is 9.88 Å². The van der Waals surface area contributed by atoms with Gasteiger partial charge in [0.2, 0.25) is 0 Å². The second-order valence-electron chi connectivity index (χ2n) is 6.86. The summed E-state index contributed by atoms with van der Waals surface area (Å²) >= 11 is 0. The highest BCUT2D eigenvalue weighted by Crippen LogP contribution is 2.24. The highest BCUT2D eigenvalue weighted by atomic mass is 19.1. The van der Waals surface area contributed by atoms with Crippen LogP contribution in [0.15, 0.2) is 36.4 Å². The van der Waals surface area contributed by atoms with Crippen LogP contribution in [0, 0.1) is 12.7 Å². The molecule has 3 N–H and O–H groups in total. The fraction of sp³-hybridized carbons (Fsp3) is 0.400. The monoisotopic (exact) mass is 372 g/mol. The van der Waals surface area contributed by atoms with Crippen molar-refractivity contribution in [3.8, 4) is 0 Å². The topological polar surface area (TPSA) is 82.7 Å². The van der Waals surface area contributed by atoms with Gasteiger partial charge in [-0.2, -0.15) is 0 Å². The van der Waals surface area contributed by atoms with Gasteiger partial charge in [-0.05, 0) is 31.5 Å².